The standard InChI is InChI=1S/C19H26N4O2S/c1-2-20-19(25)15-5-7-21-18(12-15)23-9-8-22(16(13-23)6-10-24)14-17-4-3-11-26-17/h3-5,7,11-12,16,24H,2,6,8-10,13-14H2,1H3,(H,20,25). The number of carbonyl (C=O) groups excluding carboxylic acids is 1. The van der Waals surface area contributed by atoms with Crippen molar-refractivity contribution in [2.45, 2.75) is 25.9 Å². The average Bonchev–Trinajstić information content (AvgIpc) is 3.17. The van der Waals surface area contributed by atoms with Crippen LogP contribution in [0.5, 0.6) is 0 Å². The quantitative estimate of drug-likeness (QED) is 0.775. The Morgan fingerprint density at radius 1 is 1.42 bits per heavy atom. The van der Waals surface area contributed by atoms with Gasteiger partial charge in [-0.15, -0.1) is 11.3 Å². The van der Waals surface area contributed by atoms with Gasteiger partial charge in [0.25, 0.3) is 5.91 Å². The third-order valence-corrected chi connectivity index (χ3v) is 5.54. The van der Waals surface area contributed by atoms with Crippen molar-refractivity contribution in [2.24, 2.45) is 0 Å². The van der Waals surface area contributed by atoms with Gasteiger partial charge in [0.2, 0.25) is 0 Å². The number of anilines is 1. The summed E-state index contributed by atoms with van der Waals surface area (Å²) in [5.74, 6) is 0.756. The predicted octanol–water partition coefficient (Wildman–Crippen LogP) is 1.97. The minimum absolute atomic E-state index is 0.0700. The molecular formula is C19H26N4O2S. The molecule has 1 fully saturated rings. The van der Waals surface area contributed by atoms with E-state index in [2.05, 4.69) is 37.6 Å². The smallest absolute Gasteiger partial charge is 0.251 e. The van der Waals surface area contributed by atoms with Crippen LogP contribution in [-0.2, 0) is 6.54 Å². The van der Waals surface area contributed by atoms with Gasteiger partial charge in [-0.2, -0.15) is 0 Å². The Balaban J connectivity index is 1.70. The Morgan fingerprint density at radius 2 is 2.31 bits per heavy atom. The van der Waals surface area contributed by atoms with E-state index in [0.717, 1.165) is 38.4 Å². The summed E-state index contributed by atoms with van der Waals surface area (Å²) in [4.78, 5) is 22.5. The van der Waals surface area contributed by atoms with E-state index in [0.29, 0.717) is 12.1 Å². The van der Waals surface area contributed by atoms with Crippen LogP contribution < -0.4 is 10.2 Å². The molecule has 0 bridgehead atoms. The Hall–Kier alpha value is -1.96. The van der Waals surface area contributed by atoms with Gasteiger partial charge in [-0.25, -0.2) is 4.98 Å². The second-order valence-electron chi connectivity index (χ2n) is 6.42. The predicted molar refractivity (Wildman–Crippen MR) is 105 cm³/mol. The number of carbonyl (C=O) groups is 1. The highest BCUT2D eigenvalue weighted by Crippen LogP contribution is 2.22. The Morgan fingerprint density at radius 3 is 3.04 bits per heavy atom. The van der Waals surface area contributed by atoms with Crippen LogP contribution in [0.15, 0.2) is 35.8 Å². The summed E-state index contributed by atoms with van der Waals surface area (Å²) in [6, 6.07) is 8.10. The van der Waals surface area contributed by atoms with E-state index in [4.69, 9.17) is 0 Å². The van der Waals surface area contributed by atoms with E-state index in [1.54, 1.807) is 23.6 Å². The first-order valence-electron chi connectivity index (χ1n) is 9.07. The number of thiophene rings is 1. The second-order valence-corrected chi connectivity index (χ2v) is 7.46. The number of hydrogen-bond donors (Lipinski definition) is 2. The van der Waals surface area contributed by atoms with Gasteiger partial charge >= 0.3 is 0 Å². The van der Waals surface area contributed by atoms with Gasteiger partial charge in [0.05, 0.1) is 0 Å². The third-order valence-electron chi connectivity index (χ3n) is 4.68. The molecule has 0 saturated carbocycles. The van der Waals surface area contributed by atoms with Crippen molar-refractivity contribution in [2.75, 3.05) is 37.7 Å². The van der Waals surface area contributed by atoms with Crippen molar-refractivity contribution < 1.29 is 9.90 Å². The summed E-state index contributed by atoms with van der Waals surface area (Å²) in [5.41, 5.74) is 0.636. The number of amides is 1. The fraction of sp³-hybridized carbons (Fsp3) is 0.474. The molecule has 6 nitrogen and oxygen atoms in total. The highest BCUT2D eigenvalue weighted by Gasteiger charge is 2.27. The summed E-state index contributed by atoms with van der Waals surface area (Å²) >= 11 is 1.77. The van der Waals surface area contributed by atoms with Crippen molar-refractivity contribution in [3.05, 3.63) is 46.3 Å². The van der Waals surface area contributed by atoms with Crippen LogP contribution in [-0.4, -0.2) is 59.7 Å². The minimum Gasteiger partial charge on any atom is -0.396 e. The maximum Gasteiger partial charge on any atom is 0.251 e. The molecule has 0 aromatic carbocycles. The van der Waals surface area contributed by atoms with Gasteiger partial charge < -0.3 is 15.3 Å². The summed E-state index contributed by atoms with van der Waals surface area (Å²) < 4.78 is 0. The van der Waals surface area contributed by atoms with Crippen LogP contribution in [0.25, 0.3) is 0 Å². The molecule has 7 heteroatoms. The van der Waals surface area contributed by atoms with E-state index < -0.39 is 0 Å². The molecular weight excluding hydrogens is 348 g/mol. The van der Waals surface area contributed by atoms with Crippen molar-refractivity contribution in [3.63, 3.8) is 0 Å². The third kappa shape index (κ3) is 4.60. The SMILES string of the molecule is CCNC(=O)c1ccnc(N2CCN(Cc3cccs3)C(CCO)C2)c1. The van der Waals surface area contributed by atoms with Gasteiger partial charge in [0, 0.05) is 62.0 Å². The summed E-state index contributed by atoms with van der Waals surface area (Å²) in [7, 11) is 0. The summed E-state index contributed by atoms with van der Waals surface area (Å²) in [6.45, 7) is 6.18. The van der Waals surface area contributed by atoms with E-state index in [9.17, 15) is 9.90 Å². The zero-order chi connectivity index (χ0) is 18.4. The summed E-state index contributed by atoms with van der Waals surface area (Å²) in [5, 5.41) is 14.4. The van der Waals surface area contributed by atoms with Crippen LogP contribution in [0.4, 0.5) is 5.82 Å². The van der Waals surface area contributed by atoms with E-state index >= 15 is 0 Å². The monoisotopic (exact) mass is 374 g/mol. The van der Waals surface area contributed by atoms with Crippen molar-refractivity contribution in [1.29, 1.82) is 0 Å². The van der Waals surface area contributed by atoms with Crippen molar-refractivity contribution >= 4 is 23.1 Å². The van der Waals surface area contributed by atoms with Gasteiger partial charge in [-0.1, -0.05) is 6.07 Å². The minimum atomic E-state index is -0.0700. The first kappa shape index (κ1) is 18.8. The van der Waals surface area contributed by atoms with Crippen LogP contribution in [0.1, 0.15) is 28.6 Å². The molecule has 1 unspecified atom stereocenters. The van der Waals surface area contributed by atoms with Crippen LogP contribution in [0, 0.1) is 0 Å². The fourth-order valence-corrected chi connectivity index (χ4v) is 4.06. The Bertz CT molecular complexity index is 707. The van der Waals surface area contributed by atoms with Crippen molar-refractivity contribution in [3.8, 4) is 0 Å². The lowest BCUT2D eigenvalue weighted by Gasteiger charge is -2.41. The van der Waals surface area contributed by atoms with Gasteiger partial charge in [0.15, 0.2) is 0 Å². The molecule has 3 heterocycles. The number of pyridine rings is 1. The highest BCUT2D eigenvalue weighted by molar-refractivity contribution is 7.09. The molecule has 2 aromatic heterocycles. The normalized spacial score (nSPS) is 18.1. The van der Waals surface area contributed by atoms with Crippen LogP contribution in [0.3, 0.4) is 0 Å². The van der Waals surface area contributed by atoms with Crippen LogP contribution >= 0.6 is 11.3 Å². The van der Waals surface area contributed by atoms with Crippen LogP contribution in [0.2, 0.25) is 0 Å². The van der Waals surface area contributed by atoms with Crippen molar-refractivity contribution in [1.82, 2.24) is 15.2 Å². The highest BCUT2D eigenvalue weighted by atomic mass is 32.1. The summed E-state index contributed by atoms with van der Waals surface area (Å²) in [6.07, 6.45) is 2.43. The maximum absolute atomic E-state index is 12.1. The molecule has 3 rings (SSSR count). The lowest BCUT2D eigenvalue weighted by atomic mass is 10.1. The number of nitrogens with one attached hydrogen (secondary N) is 1. The molecule has 2 aromatic rings. The van der Waals surface area contributed by atoms with E-state index in [1.807, 2.05) is 13.0 Å². The lowest BCUT2D eigenvalue weighted by Crippen LogP contribution is -2.53. The number of rotatable bonds is 7. The topological polar surface area (TPSA) is 68.7 Å². The van der Waals surface area contributed by atoms with Gasteiger partial charge in [-0.05, 0) is 36.9 Å². The lowest BCUT2D eigenvalue weighted by molar-refractivity contribution is 0.0955. The molecule has 0 aliphatic carbocycles. The number of aliphatic hydroxyl groups excluding tert-OH is 1. The van der Waals surface area contributed by atoms with Gasteiger partial charge in [-0.3, -0.25) is 9.69 Å². The molecule has 1 saturated heterocycles. The molecule has 1 atom stereocenters. The van der Waals surface area contributed by atoms with E-state index in [1.165, 1.54) is 4.88 Å². The number of piperazine rings is 1. The molecule has 140 valence electrons. The fourth-order valence-electron chi connectivity index (χ4n) is 3.33. The molecule has 0 radical (unpaired) electrons. The number of hydrogen-bond acceptors (Lipinski definition) is 6. The van der Waals surface area contributed by atoms with E-state index in [-0.39, 0.29) is 18.6 Å². The first-order valence-corrected chi connectivity index (χ1v) is 9.95. The number of aliphatic hydroxyl groups is 1. The number of nitrogens with zero attached hydrogens (tertiary/aromatic N) is 3. The molecule has 1 aliphatic rings. The molecule has 1 amide bonds. The average molecular weight is 375 g/mol. The Labute approximate surface area is 158 Å². The largest absolute Gasteiger partial charge is 0.396 e. The molecule has 0 spiro atoms. The molecule has 2 N–H and O–H groups in total. The maximum atomic E-state index is 12.1. The zero-order valence-corrected chi connectivity index (χ0v) is 15.9. The zero-order valence-electron chi connectivity index (χ0n) is 15.1. The number of aromatic nitrogens is 1. The first-order chi connectivity index (χ1) is 12.7. The second kappa shape index (κ2) is 9.12. The Kier molecular flexibility index (Phi) is 6.60. The molecule has 26 heavy (non-hydrogen) atoms. The van der Waals surface area contributed by atoms with Gasteiger partial charge in [0.1, 0.15) is 5.82 Å². The molecule has 1 aliphatic heterocycles.